The topological polar surface area (TPSA) is 131 Å². The van der Waals surface area contributed by atoms with Gasteiger partial charge in [0.15, 0.2) is 0 Å². The highest BCUT2D eigenvalue weighted by atomic mass is 31.0. The highest BCUT2D eigenvalue weighted by Gasteiger charge is 2.32. The number of nitrogens with zero attached hydrogens (tertiary/aromatic N) is 7. The van der Waals surface area contributed by atoms with Crippen LogP contribution in [-0.4, -0.2) is 192 Å². The first kappa shape index (κ1) is 52.5. The fraction of sp³-hybridized carbons (Fsp3) is 0.907. The predicted octanol–water partition coefficient (Wildman–Crippen LogP) is 5.93. The predicted molar refractivity (Wildman–Crippen MR) is 246 cm³/mol. The van der Waals surface area contributed by atoms with Crippen LogP contribution in [0.15, 0.2) is 0 Å². The number of piperidine rings is 4. The summed E-state index contributed by atoms with van der Waals surface area (Å²) in [6, 6.07) is 1.31. The monoisotopic (exact) mass is 887 g/mol. The van der Waals surface area contributed by atoms with Crippen molar-refractivity contribution in [3.8, 4) is 0 Å². The van der Waals surface area contributed by atoms with Gasteiger partial charge >= 0.3 is 18.3 Å². The summed E-state index contributed by atoms with van der Waals surface area (Å²) in [5.41, 5.74) is -1.25. The minimum absolute atomic E-state index is 0.149. The normalized spacial score (nSPS) is 22.6. The number of ketones is 1. The van der Waals surface area contributed by atoms with Gasteiger partial charge in [-0.25, -0.2) is 14.4 Å². The molecule has 0 spiro atoms. The molecular weight excluding hydrogens is 802 g/mol. The fourth-order valence-electron chi connectivity index (χ4n) is 7.81. The van der Waals surface area contributed by atoms with Gasteiger partial charge in [0.1, 0.15) is 22.6 Å². The van der Waals surface area contributed by atoms with E-state index in [2.05, 4.69) is 43.2 Å². The number of nitrogens with one attached hydrogen (secondary N) is 1. The highest BCUT2D eigenvalue weighted by molar-refractivity contribution is 7.13. The molecule has 6 saturated heterocycles. The maximum absolute atomic E-state index is 12.0. The zero-order valence-corrected chi connectivity index (χ0v) is 41.3. The Morgan fingerprint density at radius 2 is 0.817 bits per heavy atom. The molecule has 1 N–H and O–H groups in total. The third-order valence-corrected chi connectivity index (χ3v) is 12.2. The molecule has 0 aromatic rings. The number of hydrogen-bond acceptors (Lipinski definition) is 12. The van der Waals surface area contributed by atoms with Gasteiger partial charge in [0.25, 0.3) is 0 Å². The van der Waals surface area contributed by atoms with Crippen LogP contribution >= 0.6 is 18.8 Å². The Morgan fingerprint density at radius 1 is 0.483 bits per heavy atom. The Labute approximate surface area is 368 Å². The third kappa shape index (κ3) is 21.5. The molecule has 6 aliphatic rings. The number of hydrogen-bond donors (Lipinski definition) is 1. The average molecular weight is 887 g/mol. The summed E-state index contributed by atoms with van der Waals surface area (Å²) in [7, 11) is 5.48. The lowest BCUT2D eigenvalue weighted by Crippen LogP contribution is -2.52. The average Bonchev–Trinajstić information content (AvgIpc) is 3.18. The van der Waals surface area contributed by atoms with Crippen molar-refractivity contribution >= 4 is 42.8 Å². The van der Waals surface area contributed by atoms with E-state index in [-0.39, 0.29) is 29.7 Å². The Bertz CT molecular complexity index is 1280. The molecule has 0 saturated carbocycles. The minimum Gasteiger partial charge on any atom is -0.444 e. The highest BCUT2D eigenvalue weighted by Crippen LogP contribution is 2.23. The Kier molecular flexibility index (Phi) is 22.3. The molecule has 2 atom stereocenters. The molecule has 348 valence electrons. The first-order valence-corrected chi connectivity index (χ1v) is 23.8. The summed E-state index contributed by atoms with van der Waals surface area (Å²) in [6.45, 7) is 33.0. The van der Waals surface area contributed by atoms with Gasteiger partial charge in [0, 0.05) is 117 Å². The first-order valence-electron chi connectivity index (χ1n) is 22.7. The standard InChI is InChI=1S/C15H28N2O2.C14H28N3O2P.C10H17NO3.C4H11N2P/c1-15(2,3)19-14(18)17-11-7-13(8-12-17)16-9-5-4-6-10-16;1-14(2,3)19-13(18)16-6-4-12(5-7-16)15-8-10-17(20)11-9-15;1-10(2,3)14-9(13)11-6-4-8(12)5-7-11;7-6-3-1-5-2-4-6/h13H,4-12H2,1-3H3;12H,4-11,20H2,1-3H3;4-7H2,1-3H3;5H,1-4,7H2. The van der Waals surface area contributed by atoms with E-state index in [1.165, 1.54) is 45.4 Å². The second kappa shape index (κ2) is 25.4. The van der Waals surface area contributed by atoms with Gasteiger partial charge in [-0.15, -0.1) is 0 Å². The van der Waals surface area contributed by atoms with E-state index in [0.717, 1.165) is 91.1 Å². The van der Waals surface area contributed by atoms with Crippen LogP contribution in [0.4, 0.5) is 14.4 Å². The third-order valence-electron chi connectivity index (χ3n) is 11.1. The largest absolute Gasteiger partial charge is 0.444 e. The Hall–Kier alpha value is -1.86. The Balaban J connectivity index is 0.000000225. The quantitative estimate of drug-likeness (QED) is 0.261. The number of rotatable bonds is 2. The number of amides is 3. The molecule has 60 heavy (non-hydrogen) atoms. The lowest BCUT2D eigenvalue weighted by Gasteiger charge is -2.42. The molecule has 0 radical (unpaired) electrons. The van der Waals surface area contributed by atoms with Crippen LogP contribution < -0.4 is 5.32 Å². The number of ether oxygens (including phenoxy) is 3. The number of piperazine rings is 2. The molecule has 6 heterocycles. The lowest BCUT2D eigenvalue weighted by molar-refractivity contribution is -0.121. The number of likely N-dealkylation sites (tertiary alicyclic amines) is 4. The van der Waals surface area contributed by atoms with Gasteiger partial charge in [-0.2, -0.15) is 0 Å². The van der Waals surface area contributed by atoms with Crippen molar-refractivity contribution in [3.63, 3.8) is 0 Å². The number of carbonyl (C=O) groups excluding carboxylic acids is 4. The van der Waals surface area contributed by atoms with Crippen molar-refractivity contribution < 1.29 is 33.4 Å². The second-order valence-corrected chi connectivity index (χ2v) is 21.3. The fourth-order valence-corrected chi connectivity index (χ4v) is 8.30. The van der Waals surface area contributed by atoms with E-state index in [0.29, 0.717) is 38.0 Å². The van der Waals surface area contributed by atoms with Gasteiger partial charge in [0.2, 0.25) is 0 Å². The van der Waals surface area contributed by atoms with Crippen molar-refractivity contribution in [3.05, 3.63) is 0 Å². The van der Waals surface area contributed by atoms with Crippen molar-refractivity contribution in [1.29, 1.82) is 0 Å². The van der Waals surface area contributed by atoms with Crippen LogP contribution in [0.1, 0.15) is 120 Å². The van der Waals surface area contributed by atoms with Gasteiger partial charge in [0.05, 0.1) is 0 Å². The van der Waals surface area contributed by atoms with E-state index in [1.807, 2.05) is 72.1 Å². The number of carbonyl (C=O) groups is 4. The van der Waals surface area contributed by atoms with Crippen LogP contribution in [0, 0.1) is 0 Å². The van der Waals surface area contributed by atoms with E-state index >= 15 is 0 Å². The van der Waals surface area contributed by atoms with Gasteiger partial charge < -0.3 is 39.1 Å². The van der Waals surface area contributed by atoms with Crippen molar-refractivity contribution in [2.75, 3.05) is 105 Å². The van der Waals surface area contributed by atoms with E-state index in [1.54, 1.807) is 4.90 Å². The molecule has 2 unspecified atom stereocenters. The summed E-state index contributed by atoms with van der Waals surface area (Å²) in [6.07, 6.45) is 8.68. The summed E-state index contributed by atoms with van der Waals surface area (Å²) >= 11 is 0. The van der Waals surface area contributed by atoms with Crippen molar-refractivity contribution in [2.24, 2.45) is 0 Å². The summed E-state index contributed by atoms with van der Waals surface area (Å²) in [5.74, 6) is 0.227. The molecule has 0 aromatic heterocycles. The van der Waals surface area contributed by atoms with Crippen molar-refractivity contribution in [2.45, 2.75) is 149 Å². The van der Waals surface area contributed by atoms with E-state index in [4.69, 9.17) is 14.2 Å². The van der Waals surface area contributed by atoms with E-state index < -0.39 is 11.2 Å². The van der Waals surface area contributed by atoms with Crippen LogP contribution in [0.5, 0.6) is 0 Å². The Morgan fingerprint density at radius 3 is 1.15 bits per heavy atom. The molecule has 3 amide bonds. The molecule has 15 nitrogen and oxygen atoms in total. The lowest BCUT2D eigenvalue weighted by atomic mass is 10.0. The molecule has 0 aliphatic carbocycles. The van der Waals surface area contributed by atoms with Crippen molar-refractivity contribution in [1.82, 2.24) is 39.2 Å². The van der Waals surface area contributed by atoms with Crippen LogP contribution in [0.25, 0.3) is 0 Å². The first-order chi connectivity index (χ1) is 28.1. The summed E-state index contributed by atoms with van der Waals surface area (Å²) in [4.78, 5) is 57.0. The van der Waals surface area contributed by atoms with E-state index in [9.17, 15) is 19.2 Å². The smallest absolute Gasteiger partial charge is 0.410 e. The van der Waals surface area contributed by atoms with Crippen LogP contribution in [0.3, 0.4) is 0 Å². The second-order valence-electron chi connectivity index (χ2n) is 19.9. The number of Topliss-reactive ketones (excluding diaryl/α,β-unsaturated/α-hetero) is 1. The molecule has 0 bridgehead atoms. The summed E-state index contributed by atoms with van der Waals surface area (Å²) < 4.78 is 20.6. The zero-order chi connectivity index (χ0) is 44.5. The zero-order valence-electron chi connectivity index (χ0n) is 39.0. The maximum atomic E-state index is 12.0. The SMILES string of the molecule is CC(C)(C)OC(=O)N1CCC(=O)CC1.CC(C)(C)OC(=O)N1CCC(N2CCCCC2)CC1.CC(C)(C)OC(=O)N1CCC(N2CCN(P)CC2)CC1.PN1CCNCC1. The van der Waals surface area contributed by atoms with Gasteiger partial charge in [-0.3, -0.25) is 19.0 Å². The minimum atomic E-state index is -0.460. The molecule has 6 fully saturated rings. The molecule has 17 heteroatoms. The van der Waals surface area contributed by atoms with Crippen LogP contribution in [-0.2, 0) is 19.0 Å². The molecular formula is C43H84N8O7P2. The maximum Gasteiger partial charge on any atom is 0.410 e. The van der Waals surface area contributed by atoms with Gasteiger partial charge in [-0.1, -0.05) is 25.2 Å². The molecule has 6 rings (SSSR count). The summed E-state index contributed by atoms with van der Waals surface area (Å²) in [5, 5.41) is 3.26. The molecule has 0 aromatic carbocycles. The van der Waals surface area contributed by atoms with Crippen LogP contribution in [0.2, 0.25) is 0 Å². The molecule has 6 aliphatic heterocycles. The van der Waals surface area contributed by atoms with Gasteiger partial charge in [-0.05, 0) is 114 Å².